The summed E-state index contributed by atoms with van der Waals surface area (Å²) in [7, 11) is 0. The van der Waals surface area contributed by atoms with E-state index in [-0.39, 0.29) is 23.8 Å². The molecule has 0 aliphatic heterocycles. The fourth-order valence-corrected chi connectivity index (χ4v) is 3.19. The highest BCUT2D eigenvalue weighted by Crippen LogP contribution is 2.31. The minimum absolute atomic E-state index is 0.0649. The molecule has 1 saturated carbocycles. The number of amides is 2. The summed E-state index contributed by atoms with van der Waals surface area (Å²) in [5, 5.41) is 6.46. The van der Waals surface area contributed by atoms with Crippen LogP contribution in [-0.2, 0) is 9.59 Å². The zero-order chi connectivity index (χ0) is 18.6. The molecule has 1 fully saturated rings. The first-order chi connectivity index (χ1) is 11.6. The summed E-state index contributed by atoms with van der Waals surface area (Å²) in [4.78, 5) is 26.7. The van der Waals surface area contributed by atoms with Crippen molar-refractivity contribution in [2.24, 2.45) is 17.3 Å². The second kappa shape index (κ2) is 8.02. The lowest BCUT2D eigenvalue weighted by Gasteiger charge is -2.26. The van der Waals surface area contributed by atoms with Gasteiger partial charge in [0.25, 0.3) is 0 Å². The highest BCUT2D eigenvalue weighted by atomic mass is 16.5. The molecule has 1 aromatic heterocycles. The van der Waals surface area contributed by atoms with Crippen LogP contribution in [0.4, 0.5) is 5.82 Å². The van der Waals surface area contributed by atoms with E-state index >= 15 is 0 Å². The van der Waals surface area contributed by atoms with Gasteiger partial charge in [0.15, 0.2) is 5.82 Å². The minimum atomic E-state index is -0.231. The summed E-state index contributed by atoms with van der Waals surface area (Å²) in [6.07, 6.45) is 3.76. The molecule has 2 amide bonds. The van der Waals surface area contributed by atoms with E-state index in [9.17, 15) is 9.59 Å². The van der Waals surface area contributed by atoms with Gasteiger partial charge in [-0.25, -0.2) is 0 Å². The number of nitrogens with zero attached hydrogens (tertiary/aromatic N) is 2. The molecule has 1 N–H and O–H groups in total. The van der Waals surface area contributed by atoms with Crippen LogP contribution in [0.5, 0.6) is 0 Å². The molecule has 0 aromatic carbocycles. The third-order valence-corrected chi connectivity index (χ3v) is 4.24. The molecule has 1 atom stereocenters. The second-order valence-electron chi connectivity index (χ2n) is 8.66. The molecular formula is C19H31N3O3. The van der Waals surface area contributed by atoms with Gasteiger partial charge in [0.2, 0.25) is 11.8 Å². The van der Waals surface area contributed by atoms with Crippen molar-refractivity contribution in [3.05, 3.63) is 11.8 Å². The van der Waals surface area contributed by atoms with Gasteiger partial charge in [-0.1, -0.05) is 32.9 Å². The minimum Gasteiger partial charge on any atom is -0.360 e. The lowest BCUT2D eigenvalue weighted by Crippen LogP contribution is -2.40. The number of carbonyl (C=O) groups is 2. The Morgan fingerprint density at radius 3 is 2.60 bits per heavy atom. The summed E-state index contributed by atoms with van der Waals surface area (Å²) >= 11 is 0. The molecule has 0 spiro atoms. The van der Waals surface area contributed by atoms with Crippen LogP contribution in [0.1, 0.15) is 59.1 Å². The number of rotatable bonds is 8. The fraction of sp³-hybridized carbons (Fsp3) is 0.737. The third-order valence-electron chi connectivity index (χ3n) is 4.24. The molecule has 25 heavy (non-hydrogen) atoms. The first-order valence-electron chi connectivity index (χ1n) is 9.13. The molecule has 2 rings (SSSR count). The average molecular weight is 349 g/mol. The number of carbonyl (C=O) groups excluding carboxylic acids is 2. The van der Waals surface area contributed by atoms with Gasteiger partial charge in [-0.15, -0.1) is 0 Å². The van der Waals surface area contributed by atoms with Crippen LogP contribution in [0.3, 0.4) is 0 Å². The van der Waals surface area contributed by atoms with Crippen LogP contribution in [0, 0.1) is 24.2 Å². The van der Waals surface area contributed by atoms with Crippen LogP contribution >= 0.6 is 0 Å². The monoisotopic (exact) mass is 349 g/mol. The maximum Gasteiger partial charge on any atom is 0.245 e. The van der Waals surface area contributed by atoms with Gasteiger partial charge in [-0.05, 0) is 43.4 Å². The molecular weight excluding hydrogens is 318 g/mol. The van der Waals surface area contributed by atoms with Crippen molar-refractivity contribution in [1.82, 2.24) is 10.1 Å². The van der Waals surface area contributed by atoms with Crippen molar-refractivity contribution in [1.29, 1.82) is 0 Å². The predicted octanol–water partition coefficient (Wildman–Crippen LogP) is 3.62. The van der Waals surface area contributed by atoms with Crippen LogP contribution in [0.15, 0.2) is 10.6 Å². The first-order valence-corrected chi connectivity index (χ1v) is 9.13. The molecule has 0 radical (unpaired) electrons. The largest absolute Gasteiger partial charge is 0.360 e. The molecule has 0 unspecified atom stereocenters. The molecule has 1 aliphatic rings. The van der Waals surface area contributed by atoms with Gasteiger partial charge >= 0.3 is 0 Å². The van der Waals surface area contributed by atoms with Crippen molar-refractivity contribution < 1.29 is 14.1 Å². The summed E-state index contributed by atoms with van der Waals surface area (Å²) in [6, 6.07) is 1.66. The average Bonchev–Trinajstić information content (AvgIpc) is 3.17. The summed E-state index contributed by atoms with van der Waals surface area (Å²) < 4.78 is 4.95. The smallest absolute Gasteiger partial charge is 0.245 e. The Labute approximate surface area is 150 Å². The number of hydrogen-bond acceptors (Lipinski definition) is 4. The van der Waals surface area contributed by atoms with Crippen molar-refractivity contribution in [3.63, 3.8) is 0 Å². The van der Waals surface area contributed by atoms with Gasteiger partial charge in [0, 0.05) is 19.0 Å². The summed E-state index contributed by atoms with van der Waals surface area (Å²) in [5.74, 6) is 1.71. The molecule has 140 valence electrons. The zero-order valence-corrected chi connectivity index (χ0v) is 16.1. The second-order valence-corrected chi connectivity index (χ2v) is 8.66. The highest BCUT2D eigenvalue weighted by molar-refractivity contribution is 5.93. The van der Waals surface area contributed by atoms with Gasteiger partial charge in [-0.2, -0.15) is 0 Å². The first kappa shape index (κ1) is 19.5. The van der Waals surface area contributed by atoms with E-state index < -0.39 is 0 Å². The number of anilines is 1. The number of aromatic nitrogens is 1. The van der Waals surface area contributed by atoms with Crippen LogP contribution in [0.2, 0.25) is 0 Å². The third kappa shape index (κ3) is 7.28. The number of hydrogen-bond donors (Lipinski definition) is 1. The standard InChI is InChI=1S/C19H31N3O3/c1-13(10-19(3,4)5)8-18(24)22(11-15-6-7-15)12-17(23)20-16-9-14(2)25-21-16/h9,13,15H,6-8,10-12H2,1-5H3,(H,20,21,23)/t13-/m1/s1. The van der Waals surface area contributed by atoms with E-state index in [1.54, 1.807) is 17.9 Å². The van der Waals surface area contributed by atoms with Gasteiger partial charge in [0.1, 0.15) is 5.76 Å². The van der Waals surface area contributed by atoms with Crippen LogP contribution in [0.25, 0.3) is 0 Å². The Morgan fingerprint density at radius 2 is 2.08 bits per heavy atom. The maximum absolute atomic E-state index is 12.7. The normalized spacial score (nSPS) is 15.7. The summed E-state index contributed by atoms with van der Waals surface area (Å²) in [5.41, 5.74) is 0.198. The number of nitrogens with one attached hydrogen (secondary N) is 1. The maximum atomic E-state index is 12.7. The SMILES string of the molecule is Cc1cc(NC(=O)CN(CC2CC2)C(=O)C[C@@H](C)CC(C)(C)C)no1. The Hall–Kier alpha value is -1.85. The zero-order valence-electron chi connectivity index (χ0n) is 16.1. The lowest BCUT2D eigenvalue weighted by molar-refractivity contribution is -0.135. The van der Waals surface area contributed by atoms with Gasteiger partial charge in [-0.3, -0.25) is 9.59 Å². The Bertz CT molecular complexity index is 599. The number of aryl methyl sites for hydroxylation is 1. The Morgan fingerprint density at radius 1 is 1.40 bits per heavy atom. The van der Waals surface area contributed by atoms with Crippen molar-refractivity contribution in [2.75, 3.05) is 18.4 Å². The topological polar surface area (TPSA) is 75.4 Å². The van der Waals surface area contributed by atoms with E-state index in [0.717, 1.165) is 19.3 Å². The van der Waals surface area contributed by atoms with Gasteiger partial charge < -0.3 is 14.7 Å². The van der Waals surface area contributed by atoms with Crippen LogP contribution in [-0.4, -0.2) is 35.0 Å². The van der Waals surface area contributed by atoms with Crippen molar-refractivity contribution >= 4 is 17.6 Å². The van der Waals surface area contributed by atoms with E-state index in [0.29, 0.717) is 36.4 Å². The lowest BCUT2D eigenvalue weighted by atomic mass is 9.84. The van der Waals surface area contributed by atoms with Crippen molar-refractivity contribution in [2.45, 2.75) is 60.3 Å². The van der Waals surface area contributed by atoms with E-state index in [4.69, 9.17) is 4.52 Å². The van der Waals surface area contributed by atoms with E-state index in [2.05, 4.69) is 38.2 Å². The molecule has 1 aromatic rings. The Kier molecular flexibility index (Phi) is 6.25. The predicted molar refractivity (Wildman–Crippen MR) is 97.0 cm³/mol. The molecule has 1 aliphatic carbocycles. The molecule has 0 bridgehead atoms. The van der Waals surface area contributed by atoms with E-state index in [1.807, 2.05) is 0 Å². The molecule has 6 heteroatoms. The highest BCUT2D eigenvalue weighted by Gasteiger charge is 2.29. The fourth-order valence-electron chi connectivity index (χ4n) is 3.19. The molecule has 0 saturated heterocycles. The summed E-state index contributed by atoms with van der Waals surface area (Å²) in [6.45, 7) is 11.2. The van der Waals surface area contributed by atoms with Gasteiger partial charge in [0.05, 0.1) is 6.54 Å². The quantitative estimate of drug-likeness (QED) is 0.778. The Balaban J connectivity index is 1.90. The molecule has 1 heterocycles. The molecule has 6 nitrogen and oxygen atoms in total. The van der Waals surface area contributed by atoms with E-state index in [1.165, 1.54) is 0 Å². The van der Waals surface area contributed by atoms with Crippen molar-refractivity contribution in [3.8, 4) is 0 Å². The van der Waals surface area contributed by atoms with Crippen LogP contribution < -0.4 is 5.32 Å².